The van der Waals surface area contributed by atoms with Crippen molar-refractivity contribution < 1.29 is 14.4 Å². The van der Waals surface area contributed by atoms with Crippen LogP contribution in [0.1, 0.15) is 17.5 Å². The van der Waals surface area contributed by atoms with Gasteiger partial charge in [0.25, 0.3) is 0 Å². The number of benzene rings is 1. The minimum Gasteiger partial charge on any atom is -0.399 e. The monoisotopic (exact) mass is 332 g/mol. The summed E-state index contributed by atoms with van der Waals surface area (Å²) in [5, 5.41) is 2.74. The fourth-order valence-corrected chi connectivity index (χ4v) is 2.65. The van der Waals surface area contributed by atoms with Crippen LogP contribution >= 0.6 is 11.3 Å². The van der Waals surface area contributed by atoms with E-state index < -0.39 is 17.7 Å². The summed E-state index contributed by atoms with van der Waals surface area (Å²) in [5.41, 5.74) is 7.13. The van der Waals surface area contributed by atoms with Crippen molar-refractivity contribution in [2.24, 2.45) is 0 Å². The molecule has 1 aromatic heterocycles. The average molecular weight is 332 g/mol. The molecule has 0 aliphatic heterocycles. The van der Waals surface area contributed by atoms with Crippen LogP contribution in [-0.2, 0) is 14.4 Å². The van der Waals surface area contributed by atoms with Crippen LogP contribution in [0.15, 0.2) is 24.3 Å². The number of nitrogens with zero attached hydrogens (tertiary/aromatic N) is 2. The third-order valence-electron chi connectivity index (χ3n) is 3.11. The molecule has 2 rings (SSSR count). The van der Waals surface area contributed by atoms with E-state index in [1.807, 2.05) is 6.92 Å². The standard InChI is InChI=1S/C15H16N4O3S/c1-8-9(2)23-15(17-8)18-13(21)14(22)19(10(3)20)12-6-4-11(16)5-7-12/h4-7H,16H2,1-3H3,(H,17,18,21). The number of aryl methyl sites for hydroxylation is 2. The molecule has 0 atom stereocenters. The predicted octanol–water partition coefficient (Wildman–Crippen LogP) is 1.86. The average Bonchev–Trinajstić information content (AvgIpc) is 2.79. The summed E-state index contributed by atoms with van der Waals surface area (Å²) in [7, 11) is 0. The van der Waals surface area contributed by atoms with Crippen LogP contribution in [0.2, 0.25) is 0 Å². The number of anilines is 3. The molecular weight excluding hydrogens is 316 g/mol. The van der Waals surface area contributed by atoms with E-state index in [1.54, 1.807) is 19.1 Å². The summed E-state index contributed by atoms with van der Waals surface area (Å²) < 4.78 is 0. The van der Waals surface area contributed by atoms with Gasteiger partial charge in [-0.3, -0.25) is 19.7 Å². The molecule has 0 aliphatic rings. The van der Waals surface area contributed by atoms with Gasteiger partial charge in [-0.15, -0.1) is 11.3 Å². The number of thiazole rings is 1. The van der Waals surface area contributed by atoms with Gasteiger partial charge in [-0.1, -0.05) is 0 Å². The third kappa shape index (κ3) is 3.72. The molecule has 0 unspecified atom stereocenters. The van der Waals surface area contributed by atoms with E-state index >= 15 is 0 Å². The molecule has 3 amide bonds. The Bertz CT molecular complexity index is 748. The number of nitrogens with two attached hydrogens (primary N) is 1. The van der Waals surface area contributed by atoms with E-state index in [4.69, 9.17) is 5.73 Å². The van der Waals surface area contributed by atoms with Gasteiger partial charge in [0, 0.05) is 17.5 Å². The Morgan fingerprint density at radius 1 is 1.17 bits per heavy atom. The van der Waals surface area contributed by atoms with Crippen molar-refractivity contribution in [1.82, 2.24) is 4.98 Å². The lowest BCUT2D eigenvalue weighted by Crippen LogP contribution is -2.42. The molecule has 1 aromatic carbocycles. The summed E-state index contributed by atoms with van der Waals surface area (Å²) in [6.45, 7) is 4.87. The molecule has 23 heavy (non-hydrogen) atoms. The maximum absolute atomic E-state index is 12.3. The highest BCUT2D eigenvalue weighted by Crippen LogP contribution is 2.22. The second-order valence-corrected chi connectivity index (χ2v) is 6.07. The number of hydrogen-bond acceptors (Lipinski definition) is 6. The van der Waals surface area contributed by atoms with Gasteiger partial charge in [0.2, 0.25) is 5.91 Å². The summed E-state index contributed by atoms with van der Waals surface area (Å²) >= 11 is 1.26. The predicted molar refractivity (Wildman–Crippen MR) is 89.2 cm³/mol. The Morgan fingerprint density at radius 2 is 1.78 bits per heavy atom. The molecule has 0 fully saturated rings. The molecule has 0 saturated carbocycles. The van der Waals surface area contributed by atoms with Crippen molar-refractivity contribution in [2.75, 3.05) is 16.0 Å². The molecule has 1 heterocycles. The molecule has 8 heteroatoms. The second kappa shape index (κ2) is 6.57. The smallest absolute Gasteiger partial charge is 0.323 e. The summed E-state index contributed by atoms with van der Waals surface area (Å²) in [6.07, 6.45) is 0. The van der Waals surface area contributed by atoms with Crippen LogP contribution in [0.3, 0.4) is 0 Å². The number of hydrogen-bond donors (Lipinski definition) is 2. The number of amides is 3. The first-order valence-electron chi connectivity index (χ1n) is 6.75. The quantitative estimate of drug-likeness (QED) is 0.645. The Hall–Kier alpha value is -2.74. The molecule has 7 nitrogen and oxygen atoms in total. The number of imide groups is 1. The van der Waals surface area contributed by atoms with E-state index in [0.29, 0.717) is 10.8 Å². The van der Waals surface area contributed by atoms with Gasteiger partial charge in [0.1, 0.15) is 0 Å². The Balaban J connectivity index is 2.22. The third-order valence-corrected chi connectivity index (χ3v) is 4.10. The number of carbonyl (C=O) groups excluding carboxylic acids is 3. The molecule has 0 radical (unpaired) electrons. The minimum absolute atomic E-state index is 0.276. The van der Waals surface area contributed by atoms with Gasteiger partial charge < -0.3 is 5.73 Å². The Kier molecular flexibility index (Phi) is 4.75. The van der Waals surface area contributed by atoms with Crippen molar-refractivity contribution in [3.8, 4) is 0 Å². The zero-order chi connectivity index (χ0) is 17.1. The molecule has 2 aromatic rings. The van der Waals surface area contributed by atoms with E-state index in [2.05, 4.69) is 10.3 Å². The van der Waals surface area contributed by atoms with E-state index in [-0.39, 0.29) is 5.69 Å². The van der Waals surface area contributed by atoms with Gasteiger partial charge in [-0.2, -0.15) is 0 Å². The van der Waals surface area contributed by atoms with Crippen LogP contribution in [-0.4, -0.2) is 22.7 Å². The summed E-state index contributed by atoms with van der Waals surface area (Å²) in [5.74, 6) is -2.47. The molecule has 0 spiro atoms. The van der Waals surface area contributed by atoms with Crippen molar-refractivity contribution in [3.63, 3.8) is 0 Å². The number of rotatable bonds is 2. The van der Waals surface area contributed by atoms with Gasteiger partial charge in [0.15, 0.2) is 5.13 Å². The van der Waals surface area contributed by atoms with Gasteiger partial charge in [-0.05, 0) is 38.1 Å². The Morgan fingerprint density at radius 3 is 2.26 bits per heavy atom. The first-order valence-corrected chi connectivity index (χ1v) is 7.57. The fraction of sp³-hybridized carbons (Fsp3) is 0.200. The van der Waals surface area contributed by atoms with Crippen LogP contribution in [0.5, 0.6) is 0 Å². The lowest BCUT2D eigenvalue weighted by atomic mass is 10.2. The van der Waals surface area contributed by atoms with Gasteiger partial charge in [0.05, 0.1) is 11.4 Å². The van der Waals surface area contributed by atoms with Crippen LogP contribution in [0, 0.1) is 13.8 Å². The molecule has 0 aliphatic carbocycles. The summed E-state index contributed by atoms with van der Waals surface area (Å²) in [4.78, 5) is 42.0. The van der Waals surface area contributed by atoms with E-state index in [9.17, 15) is 14.4 Å². The normalized spacial score (nSPS) is 10.2. The minimum atomic E-state index is -0.979. The number of carbonyl (C=O) groups is 3. The second-order valence-electron chi connectivity index (χ2n) is 4.87. The van der Waals surface area contributed by atoms with Crippen molar-refractivity contribution >= 4 is 45.6 Å². The molecular formula is C15H16N4O3S. The number of nitrogens with one attached hydrogen (secondary N) is 1. The summed E-state index contributed by atoms with van der Waals surface area (Å²) in [6, 6.07) is 6.09. The zero-order valence-corrected chi connectivity index (χ0v) is 13.7. The number of aromatic nitrogens is 1. The molecule has 0 bridgehead atoms. The lowest BCUT2D eigenvalue weighted by Gasteiger charge is -2.18. The SMILES string of the molecule is CC(=O)N(C(=O)C(=O)Nc1nc(C)c(C)s1)c1ccc(N)cc1. The van der Waals surface area contributed by atoms with Crippen LogP contribution < -0.4 is 16.0 Å². The van der Waals surface area contributed by atoms with Crippen molar-refractivity contribution in [3.05, 3.63) is 34.8 Å². The maximum atomic E-state index is 12.3. The van der Waals surface area contributed by atoms with Crippen LogP contribution in [0.25, 0.3) is 0 Å². The van der Waals surface area contributed by atoms with Crippen molar-refractivity contribution in [1.29, 1.82) is 0 Å². The molecule has 3 N–H and O–H groups in total. The topological polar surface area (TPSA) is 105 Å². The first-order chi connectivity index (χ1) is 10.8. The molecule has 0 saturated heterocycles. The number of nitrogen functional groups attached to an aromatic ring is 1. The largest absolute Gasteiger partial charge is 0.399 e. The van der Waals surface area contributed by atoms with E-state index in [0.717, 1.165) is 15.5 Å². The fourth-order valence-electron chi connectivity index (χ4n) is 1.84. The van der Waals surface area contributed by atoms with E-state index in [1.165, 1.54) is 30.4 Å². The van der Waals surface area contributed by atoms with Gasteiger partial charge in [-0.25, -0.2) is 9.88 Å². The molecule has 120 valence electrons. The van der Waals surface area contributed by atoms with Crippen molar-refractivity contribution in [2.45, 2.75) is 20.8 Å². The van der Waals surface area contributed by atoms with Gasteiger partial charge >= 0.3 is 11.8 Å². The highest BCUT2D eigenvalue weighted by atomic mass is 32.1. The highest BCUT2D eigenvalue weighted by molar-refractivity contribution is 7.15. The first kappa shape index (κ1) is 16.6. The lowest BCUT2D eigenvalue weighted by molar-refractivity contribution is -0.136. The maximum Gasteiger partial charge on any atom is 0.323 e. The highest BCUT2D eigenvalue weighted by Gasteiger charge is 2.27. The zero-order valence-electron chi connectivity index (χ0n) is 12.9. The Labute approximate surface area is 137 Å². The van der Waals surface area contributed by atoms with Crippen LogP contribution in [0.4, 0.5) is 16.5 Å².